The van der Waals surface area contributed by atoms with Crippen molar-refractivity contribution < 1.29 is 0 Å². The molecule has 0 spiro atoms. The van der Waals surface area contributed by atoms with Gasteiger partial charge in [-0.3, -0.25) is 0 Å². The van der Waals surface area contributed by atoms with Crippen molar-refractivity contribution in [3.8, 4) is 0 Å². The highest BCUT2D eigenvalue weighted by Gasteiger charge is 2.18. The zero-order chi connectivity index (χ0) is 14.1. The molecule has 3 nitrogen and oxygen atoms in total. The summed E-state index contributed by atoms with van der Waals surface area (Å²) in [6.07, 6.45) is 1.87. The van der Waals surface area contributed by atoms with E-state index in [0.717, 1.165) is 29.0 Å². The molecule has 0 amide bonds. The molecule has 1 atom stereocenters. The Morgan fingerprint density at radius 1 is 1.10 bits per heavy atom. The fraction of sp³-hybridized carbons (Fsp3) is 0.188. The number of nitrogens with zero attached hydrogens (tertiary/aromatic N) is 1. The molecule has 0 radical (unpaired) electrons. The van der Waals surface area contributed by atoms with E-state index < -0.39 is 0 Å². The molecule has 2 aromatic carbocycles. The maximum absolute atomic E-state index is 6.08. The van der Waals surface area contributed by atoms with Crippen molar-refractivity contribution in [3.63, 3.8) is 0 Å². The van der Waals surface area contributed by atoms with E-state index in [1.54, 1.807) is 0 Å². The maximum Gasteiger partial charge on any atom is 0.132 e. The van der Waals surface area contributed by atoms with E-state index in [0.29, 0.717) is 5.84 Å². The number of amidine groups is 1. The smallest absolute Gasteiger partial charge is 0.132 e. The van der Waals surface area contributed by atoms with Gasteiger partial charge >= 0.3 is 0 Å². The summed E-state index contributed by atoms with van der Waals surface area (Å²) in [4.78, 5) is 5.33. The van der Waals surface area contributed by atoms with Crippen LogP contribution < -0.4 is 11.5 Å². The molecule has 102 valence electrons. The monoisotopic (exact) mass is 283 g/mol. The fourth-order valence-corrected chi connectivity index (χ4v) is 2.87. The highest BCUT2D eigenvalue weighted by molar-refractivity contribution is 7.80. The summed E-state index contributed by atoms with van der Waals surface area (Å²) in [5, 5.41) is 0. The lowest BCUT2D eigenvalue weighted by Crippen LogP contribution is -2.18. The van der Waals surface area contributed by atoms with Crippen LogP contribution in [0.25, 0.3) is 0 Å². The molecule has 0 saturated carbocycles. The number of thiol groups is 1. The van der Waals surface area contributed by atoms with Gasteiger partial charge < -0.3 is 11.5 Å². The number of fused-ring (bicyclic) bond motifs is 1. The van der Waals surface area contributed by atoms with Crippen LogP contribution in [0.2, 0.25) is 0 Å². The molecule has 4 heteroatoms. The van der Waals surface area contributed by atoms with Crippen molar-refractivity contribution in [1.82, 2.24) is 0 Å². The Kier molecular flexibility index (Phi) is 3.51. The van der Waals surface area contributed by atoms with Gasteiger partial charge in [0.1, 0.15) is 5.84 Å². The van der Waals surface area contributed by atoms with Crippen LogP contribution >= 0.6 is 12.6 Å². The van der Waals surface area contributed by atoms with Gasteiger partial charge in [0.25, 0.3) is 0 Å². The minimum atomic E-state index is 0.236. The molecule has 2 aromatic rings. The molecule has 4 N–H and O–H groups in total. The minimum absolute atomic E-state index is 0.236. The fourth-order valence-electron chi connectivity index (χ4n) is 2.60. The zero-order valence-electron chi connectivity index (χ0n) is 11.1. The Labute approximate surface area is 124 Å². The Morgan fingerprint density at radius 2 is 1.85 bits per heavy atom. The van der Waals surface area contributed by atoms with Crippen LogP contribution in [-0.4, -0.2) is 11.9 Å². The van der Waals surface area contributed by atoms with Gasteiger partial charge in [-0.1, -0.05) is 24.3 Å². The van der Waals surface area contributed by atoms with E-state index in [4.69, 9.17) is 11.5 Å². The predicted octanol–water partition coefficient (Wildman–Crippen LogP) is 2.44. The van der Waals surface area contributed by atoms with Gasteiger partial charge in [-0.2, -0.15) is 0 Å². The summed E-state index contributed by atoms with van der Waals surface area (Å²) >= 11 is 4.40. The third kappa shape index (κ3) is 2.57. The first-order chi connectivity index (χ1) is 9.63. The number of aliphatic imine (C=N–C) groups is 1. The Balaban J connectivity index is 1.93. The molecule has 0 heterocycles. The van der Waals surface area contributed by atoms with Crippen molar-refractivity contribution in [3.05, 3.63) is 59.2 Å². The summed E-state index contributed by atoms with van der Waals surface area (Å²) < 4.78 is 0. The third-order valence-electron chi connectivity index (χ3n) is 3.58. The first-order valence-corrected chi connectivity index (χ1v) is 7.08. The first kappa shape index (κ1) is 13.2. The van der Waals surface area contributed by atoms with Crippen molar-refractivity contribution in [1.29, 1.82) is 0 Å². The summed E-state index contributed by atoms with van der Waals surface area (Å²) in [6, 6.07) is 14.1. The lowest BCUT2D eigenvalue weighted by molar-refractivity contribution is 0.721. The molecule has 0 aromatic heterocycles. The van der Waals surface area contributed by atoms with E-state index in [1.807, 2.05) is 30.3 Å². The normalized spacial score (nSPS) is 18.1. The van der Waals surface area contributed by atoms with Crippen molar-refractivity contribution in [2.24, 2.45) is 16.5 Å². The Hall–Kier alpha value is -1.78. The van der Waals surface area contributed by atoms with E-state index in [-0.39, 0.29) is 6.04 Å². The van der Waals surface area contributed by atoms with E-state index in [1.165, 1.54) is 11.1 Å². The average Bonchev–Trinajstić information content (AvgIpc) is 2.78. The number of hydrogen-bond acceptors (Lipinski definition) is 3. The van der Waals surface area contributed by atoms with Gasteiger partial charge in [0, 0.05) is 16.5 Å². The number of rotatable bonds is 2. The molecule has 3 rings (SSSR count). The highest BCUT2D eigenvalue weighted by Crippen LogP contribution is 2.26. The standard InChI is InChI=1S/C16H17N3S/c17-12-7-10-5-6-13(9-11(10)8-12)19-16(18)14-3-1-2-4-15(14)20/h1-6,9,12,20H,7-8,17H2,(H2,18,19). The van der Waals surface area contributed by atoms with Crippen molar-refractivity contribution >= 4 is 24.2 Å². The molecule has 0 aliphatic heterocycles. The van der Waals surface area contributed by atoms with Gasteiger partial charge in [-0.15, -0.1) is 12.6 Å². The average molecular weight is 283 g/mol. The molecule has 1 aliphatic carbocycles. The van der Waals surface area contributed by atoms with Crippen molar-refractivity contribution in [2.45, 2.75) is 23.8 Å². The van der Waals surface area contributed by atoms with E-state index in [9.17, 15) is 0 Å². The third-order valence-corrected chi connectivity index (χ3v) is 3.97. The van der Waals surface area contributed by atoms with Crippen molar-refractivity contribution in [2.75, 3.05) is 0 Å². The summed E-state index contributed by atoms with van der Waals surface area (Å²) in [6.45, 7) is 0. The second-order valence-corrected chi connectivity index (χ2v) is 5.62. The Morgan fingerprint density at radius 3 is 2.65 bits per heavy atom. The van der Waals surface area contributed by atoms with Crippen LogP contribution in [0, 0.1) is 0 Å². The van der Waals surface area contributed by atoms with E-state index >= 15 is 0 Å². The van der Waals surface area contributed by atoms with Crippen LogP contribution in [0.4, 0.5) is 5.69 Å². The number of nitrogens with two attached hydrogens (primary N) is 2. The van der Waals surface area contributed by atoms with Crippen LogP contribution in [0.3, 0.4) is 0 Å². The summed E-state index contributed by atoms with van der Waals surface area (Å²) in [5.74, 6) is 0.484. The number of benzene rings is 2. The van der Waals surface area contributed by atoms with Crippen LogP contribution in [-0.2, 0) is 12.8 Å². The molecule has 0 saturated heterocycles. The highest BCUT2D eigenvalue weighted by atomic mass is 32.1. The van der Waals surface area contributed by atoms with E-state index in [2.05, 4.69) is 29.8 Å². The minimum Gasteiger partial charge on any atom is -0.383 e. The maximum atomic E-state index is 6.08. The quantitative estimate of drug-likeness (QED) is 0.450. The second kappa shape index (κ2) is 5.31. The predicted molar refractivity (Wildman–Crippen MR) is 85.9 cm³/mol. The van der Waals surface area contributed by atoms with Gasteiger partial charge in [0.05, 0.1) is 5.69 Å². The molecule has 0 fully saturated rings. The molecular weight excluding hydrogens is 266 g/mol. The number of hydrogen-bond donors (Lipinski definition) is 3. The first-order valence-electron chi connectivity index (χ1n) is 6.63. The molecule has 1 aliphatic rings. The van der Waals surface area contributed by atoms with Gasteiger partial charge in [-0.05, 0) is 42.2 Å². The van der Waals surface area contributed by atoms with Crippen LogP contribution in [0.5, 0.6) is 0 Å². The molecule has 1 unspecified atom stereocenters. The van der Waals surface area contributed by atoms with Crippen LogP contribution in [0.1, 0.15) is 16.7 Å². The van der Waals surface area contributed by atoms with Crippen LogP contribution in [0.15, 0.2) is 52.4 Å². The molecule has 0 bridgehead atoms. The lowest BCUT2D eigenvalue weighted by atomic mass is 10.1. The summed E-state index contributed by atoms with van der Waals surface area (Å²) in [7, 11) is 0. The zero-order valence-corrected chi connectivity index (χ0v) is 12.0. The lowest BCUT2D eigenvalue weighted by Gasteiger charge is -2.05. The van der Waals surface area contributed by atoms with Gasteiger partial charge in [0.2, 0.25) is 0 Å². The molecular formula is C16H17N3S. The Bertz CT molecular complexity index is 679. The van der Waals surface area contributed by atoms with Gasteiger partial charge in [0.15, 0.2) is 0 Å². The summed E-state index contributed by atoms with van der Waals surface area (Å²) in [5.41, 5.74) is 16.4. The van der Waals surface area contributed by atoms with Gasteiger partial charge in [-0.25, -0.2) is 4.99 Å². The largest absolute Gasteiger partial charge is 0.383 e. The second-order valence-electron chi connectivity index (χ2n) is 5.14. The topological polar surface area (TPSA) is 64.4 Å². The molecule has 20 heavy (non-hydrogen) atoms. The SMILES string of the molecule is NC(=Nc1ccc2c(c1)CC(N)C2)c1ccccc1S.